The molecule has 1 N–H and O–H groups in total. The normalized spacial score (nSPS) is 10.6. The van der Waals surface area contributed by atoms with Crippen molar-refractivity contribution < 1.29 is 8.78 Å². The van der Waals surface area contributed by atoms with Gasteiger partial charge in [0.15, 0.2) is 5.82 Å². The molecule has 19 heavy (non-hydrogen) atoms. The molecule has 0 radical (unpaired) electrons. The fraction of sp³-hybridized carbons (Fsp3) is 0.143. The van der Waals surface area contributed by atoms with Gasteiger partial charge in [0.2, 0.25) is 0 Å². The Bertz CT molecular complexity index is 591. The van der Waals surface area contributed by atoms with Crippen LogP contribution in [0.25, 0.3) is 0 Å². The van der Waals surface area contributed by atoms with Crippen molar-refractivity contribution >= 4 is 28.9 Å². The van der Waals surface area contributed by atoms with Gasteiger partial charge in [-0.1, -0.05) is 40.9 Å². The Hall–Kier alpha value is -1.32. The number of halogens is 4. The summed E-state index contributed by atoms with van der Waals surface area (Å²) in [5.41, 5.74) is 2.03. The molecule has 0 aliphatic rings. The summed E-state index contributed by atoms with van der Waals surface area (Å²) in [4.78, 5) is 0. The molecule has 0 atom stereocenters. The smallest absolute Gasteiger partial charge is 0.160 e. The highest BCUT2D eigenvalue weighted by Gasteiger charge is 2.08. The van der Waals surface area contributed by atoms with Crippen LogP contribution in [0, 0.1) is 18.6 Å². The minimum Gasteiger partial charge on any atom is -0.381 e. The SMILES string of the molecule is Cc1ccc(F)c(CNc2cc(Cl)c(F)c(Cl)c2)c1. The average molecular weight is 302 g/mol. The molecule has 0 fully saturated rings. The second kappa shape index (κ2) is 5.76. The first-order chi connectivity index (χ1) is 8.97. The summed E-state index contributed by atoms with van der Waals surface area (Å²) < 4.78 is 26.8. The Morgan fingerprint density at radius 2 is 1.68 bits per heavy atom. The molecule has 0 aliphatic heterocycles. The number of rotatable bonds is 3. The van der Waals surface area contributed by atoms with E-state index in [2.05, 4.69) is 5.32 Å². The first kappa shape index (κ1) is 14.1. The van der Waals surface area contributed by atoms with E-state index in [4.69, 9.17) is 23.2 Å². The number of hydrogen-bond donors (Lipinski definition) is 1. The third-order valence-electron chi connectivity index (χ3n) is 2.67. The molecule has 0 heterocycles. The van der Waals surface area contributed by atoms with Gasteiger partial charge in [-0.2, -0.15) is 0 Å². The predicted octanol–water partition coefficient (Wildman–Crippen LogP) is 5.19. The summed E-state index contributed by atoms with van der Waals surface area (Å²) in [7, 11) is 0. The first-order valence-electron chi connectivity index (χ1n) is 5.61. The number of anilines is 1. The topological polar surface area (TPSA) is 12.0 Å². The minimum atomic E-state index is -0.657. The fourth-order valence-electron chi connectivity index (χ4n) is 1.69. The van der Waals surface area contributed by atoms with Gasteiger partial charge in [-0.25, -0.2) is 8.78 Å². The maximum absolute atomic E-state index is 13.5. The number of benzene rings is 2. The third-order valence-corrected chi connectivity index (χ3v) is 3.22. The van der Waals surface area contributed by atoms with Crippen molar-refractivity contribution in [3.05, 3.63) is 63.1 Å². The molecule has 100 valence electrons. The van der Waals surface area contributed by atoms with Crippen LogP contribution in [0.1, 0.15) is 11.1 Å². The van der Waals surface area contributed by atoms with Gasteiger partial charge in [-0.3, -0.25) is 0 Å². The highest BCUT2D eigenvalue weighted by Crippen LogP contribution is 2.27. The lowest BCUT2D eigenvalue weighted by Crippen LogP contribution is -2.02. The second-order valence-corrected chi connectivity index (χ2v) is 5.02. The summed E-state index contributed by atoms with van der Waals surface area (Å²) in [6.45, 7) is 2.15. The van der Waals surface area contributed by atoms with Crippen LogP contribution >= 0.6 is 23.2 Å². The van der Waals surface area contributed by atoms with E-state index < -0.39 is 5.82 Å². The molecule has 0 unspecified atom stereocenters. The van der Waals surface area contributed by atoms with Crippen molar-refractivity contribution in [2.24, 2.45) is 0 Å². The van der Waals surface area contributed by atoms with E-state index in [9.17, 15) is 8.78 Å². The van der Waals surface area contributed by atoms with Crippen molar-refractivity contribution in [2.45, 2.75) is 13.5 Å². The van der Waals surface area contributed by atoms with E-state index in [1.54, 1.807) is 12.1 Å². The maximum Gasteiger partial charge on any atom is 0.160 e. The summed E-state index contributed by atoms with van der Waals surface area (Å²) >= 11 is 11.4. The van der Waals surface area contributed by atoms with Gasteiger partial charge in [-0.15, -0.1) is 0 Å². The molecule has 2 aromatic rings. The van der Waals surface area contributed by atoms with Crippen LogP contribution in [0.4, 0.5) is 14.5 Å². The number of aryl methyl sites for hydroxylation is 1. The Morgan fingerprint density at radius 3 is 2.32 bits per heavy atom. The van der Waals surface area contributed by atoms with Crippen LogP contribution in [0.3, 0.4) is 0 Å². The van der Waals surface area contributed by atoms with E-state index in [0.29, 0.717) is 11.3 Å². The molecule has 0 amide bonds. The summed E-state index contributed by atoms with van der Waals surface area (Å²) in [5.74, 6) is -0.951. The van der Waals surface area contributed by atoms with Crippen LogP contribution < -0.4 is 5.32 Å². The van der Waals surface area contributed by atoms with Crippen molar-refractivity contribution in [1.82, 2.24) is 0 Å². The molecule has 0 spiro atoms. The lowest BCUT2D eigenvalue weighted by molar-refractivity contribution is 0.612. The van der Waals surface area contributed by atoms with Crippen molar-refractivity contribution in [3.8, 4) is 0 Å². The largest absolute Gasteiger partial charge is 0.381 e. The molecule has 1 nitrogen and oxygen atoms in total. The molecule has 0 bridgehead atoms. The first-order valence-corrected chi connectivity index (χ1v) is 6.36. The average Bonchev–Trinajstić information content (AvgIpc) is 2.37. The molecule has 0 saturated heterocycles. The van der Waals surface area contributed by atoms with Crippen molar-refractivity contribution in [1.29, 1.82) is 0 Å². The van der Waals surface area contributed by atoms with Gasteiger partial charge in [0, 0.05) is 17.8 Å². The zero-order chi connectivity index (χ0) is 14.0. The zero-order valence-electron chi connectivity index (χ0n) is 10.1. The summed E-state index contributed by atoms with van der Waals surface area (Å²) in [5, 5.41) is 2.82. The van der Waals surface area contributed by atoms with Gasteiger partial charge < -0.3 is 5.32 Å². The van der Waals surface area contributed by atoms with Gasteiger partial charge >= 0.3 is 0 Å². The van der Waals surface area contributed by atoms with Crippen LogP contribution in [0.15, 0.2) is 30.3 Å². The Morgan fingerprint density at radius 1 is 1.05 bits per heavy atom. The standard InChI is InChI=1S/C14H11Cl2F2N/c1-8-2-3-13(17)9(4-8)7-19-10-5-11(15)14(18)12(16)6-10/h2-6,19H,7H2,1H3. The summed E-state index contributed by atoms with van der Waals surface area (Å²) in [6, 6.07) is 7.68. The van der Waals surface area contributed by atoms with E-state index in [1.165, 1.54) is 18.2 Å². The maximum atomic E-state index is 13.5. The monoisotopic (exact) mass is 301 g/mol. The molecule has 0 saturated carbocycles. The molecule has 2 rings (SSSR count). The van der Waals surface area contributed by atoms with E-state index in [1.807, 2.05) is 6.92 Å². The van der Waals surface area contributed by atoms with E-state index >= 15 is 0 Å². The lowest BCUT2D eigenvalue weighted by atomic mass is 10.1. The highest BCUT2D eigenvalue weighted by molar-refractivity contribution is 6.35. The number of hydrogen-bond acceptors (Lipinski definition) is 1. The van der Waals surface area contributed by atoms with Gasteiger partial charge in [-0.05, 0) is 25.1 Å². The molecule has 0 aromatic heterocycles. The quantitative estimate of drug-likeness (QED) is 0.769. The van der Waals surface area contributed by atoms with Crippen LogP contribution in [0.2, 0.25) is 10.0 Å². The van der Waals surface area contributed by atoms with Crippen LogP contribution in [-0.2, 0) is 6.54 Å². The molecule has 0 aliphatic carbocycles. The molecule has 2 aromatic carbocycles. The van der Waals surface area contributed by atoms with Gasteiger partial charge in [0.1, 0.15) is 5.82 Å². The zero-order valence-corrected chi connectivity index (χ0v) is 11.6. The number of nitrogens with one attached hydrogen (secondary N) is 1. The van der Waals surface area contributed by atoms with E-state index in [-0.39, 0.29) is 22.4 Å². The lowest BCUT2D eigenvalue weighted by Gasteiger charge is -2.09. The van der Waals surface area contributed by atoms with Gasteiger partial charge in [0.25, 0.3) is 0 Å². The van der Waals surface area contributed by atoms with E-state index in [0.717, 1.165) is 5.56 Å². The van der Waals surface area contributed by atoms with Crippen molar-refractivity contribution in [3.63, 3.8) is 0 Å². The van der Waals surface area contributed by atoms with Crippen LogP contribution in [-0.4, -0.2) is 0 Å². The van der Waals surface area contributed by atoms with Gasteiger partial charge in [0.05, 0.1) is 10.0 Å². The summed E-state index contributed by atoms with van der Waals surface area (Å²) in [6.07, 6.45) is 0. The Labute approximate surface area is 120 Å². The second-order valence-electron chi connectivity index (χ2n) is 4.20. The third kappa shape index (κ3) is 3.37. The highest BCUT2D eigenvalue weighted by atomic mass is 35.5. The van der Waals surface area contributed by atoms with Crippen LogP contribution in [0.5, 0.6) is 0 Å². The Kier molecular flexibility index (Phi) is 4.27. The van der Waals surface area contributed by atoms with Crippen molar-refractivity contribution in [2.75, 3.05) is 5.32 Å². The molecule has 5 heteroatoms. The Balaban J connectivity index is 2.17. The molecular formula is C14H11Cl2F2N. The fourth-order valence-corrected chi connectivity index (χ4v) is 2.18. The molecular weight excluding hydrogens is 291 g/mol. The predicted molar refractivity (Wildman–Crippen MR) is 74.9 cm³/mol. The minimum absolute atomic E-state index is 0.0697.